The van der Waals surface area contributed by atoms with Gasteiger partial charge in [-0.1, -0.05) is 0 Å². The molecule has 0 aliphatic rings. The van der Waals surface area contributed by atoms with E-state index in [1.807, 2.05) is 14.0 Å². The molecule has 2 aromatic rings. The van der Waals surface area contributed by atoms with E-state index in [9.17, 15) is 0 Å². The third kappa shape index (κ3) is 2.84. The number of hydrogen-bond donors (Lipinski definition) is 1. The van der Waals surface area contributed by atoms with Gasteiger partial charge in [0.2, 0.25) is 0 Å². The smallest absolute Gasteiger partial charge is 0.0596 e. The molecule has 0 fully saturated rings. The maximum absolute atomic E-state index is 4.50. The van der Waals surface area contributed by atoms with Crippen molar-refractivity contribution in [3.63, 3.8) is 0 Å². The maximum atomic E-state index is 4.50. The molecule has 0 radical (unpaired) electrons. The van der Waals surface area contributed by atoms with Gasteiger partial charge in [-0.25, -0.2) is 0 Å². The van der Waals surface area contributed by atoms with Crippen LogP contribution in [0.25, 0.3) is 0 Å². The van der Waals surface area contributed by atoms with Gasteiger partial charge in [0.1, 0.15) is 0 Å². The molecule has 0 aliphatic heterocycles. The van der Waals surface area contributed by atoms with E-state index in [2.05, 4.69) is 55.5 Å². The molecule has 2 rings (SSSR count). The molecule has 0 spiro atoms. The van der Waals surface area contributed by atoms with Gasteiger partial charge in [-0.15, -0.1) is 11.3 Å². The van der Waals surface area contributed by atoms with Gasteiger partial charge in [0, 0.05) is 34.1 Å². The van der Waals surface area contributed by atoms with E-state index < -0.39 is 0 Å². The van der Waals surface area contributed by atoms with E-state index in [1.165, 1.54) is 15.0 Å². The van der Waals surface area contributed by atoms with Gasteiger partial charge in [-0.05, 0) is 54.3 Å². The molecule has 0 bridgehead atoms. The van der Waals surface area contributed by atoms with E-state index in [0.29, 0.717) is 6.04 Å². The second-order valence-corrected chi connectivity index (χ2v) is 6.07. The first-order valence-corrected chi connectivity index (χ1v) is 7.76. The lowest BCUT2D eigenvalue weighted by atomic mass is 10.1. The lowest BCUT2D eigenvalue weighted by Gasteiger charge is -2.16. The summed E-state index contributed by atoms with van der Waals surface area (Å²) >= 11 is 5.39. The molecule has 0 saturated heterocycles. The summed E-state index contributed by atoms with van der Waals surface area (Å²) in [6, 6.07) is 4.61. The summed E-state index contributed by atoms with van der Waals surface area (Å²) in [7, 11) is 2.01. The van der Waals surface area contributed by atoms with Crippen LogP contribution in [0.5, 0.6) is 0 Å². The van der Waals surface area contributed by atoms with Crippen LogP contribution in [0.15, 0.2) is 22.0 Å². The van der Waals surface area contributed by atoms with Crippen molar-refractivity contribution in [2.75, 3.05) is 7.05 Å². The average Bonchev–Trinajstić information content (AvgIpc) is 2.92. The van der Waals surface area contributed by atoms with E-state index >= 15 is 0 Å². The highest BCUT2D eigenvalue weighted by atomic mass is 79.9. The normalized spacial score (nSPS) is 12.9. The molecule has 0 saturated carbocycles. The summed E-state index contributed by atoms with van der Waals surface area (Å²) in [5.41, 5.74) is 2.38. The van der Waals surface area contributed by atoms with Crippen molar-refractivity contribution >= 4 is 27.3 Å². The molecule has 0 aliphatic carbocycles. The number of likely N-dealkylation sites (N-methyl/N-ethyl adjacent to an activating group) is 1. The van der Waals surface area contributed by atoms with Gasteiger partial charge in [-0.3, -0.25) is 4.68 Å². The van der Waals surface area contributed by atoms with Gasteiger partial charge in [0.25, 0.3) is 0 Å². The number of hydrogen-bond acceptors (Lipinski definition) is 3. The molecule has 98 valence electrons. The lowest BCUT2D eigenvalue weighted by Crippen LogP contribution is -2.19. The number of halogens is 1. The molecule has 18 heavy (non-hydrogen) atoms. The quantitative estimate of drug-likeness (QED) is 0.910. The Morgan fingerprint density at radius 3 is 2.89 bits per heavy atom. The highest BCUT2D eigenvalue weighted by molar-refractivity contribution is 9.10. The number of rotatable bonds is 5. The molecule has 1 unspecified atom stereocenters. The Morgan fingerprint density at radius 2 is 2.33 bits per heavy atom. The van der Waals surface area contributed by atoms with Crippen LogP contribution in [0.1, 0.15) is 29.2 Å². The Labute approximate surface area is 120 Å². The Balaban J connectivity index is 2.23. The fourth-order valence-electron chi connectivity index (χ4n) is 2.13. The zero-order valence-electron chi connectivity index (χ0n) is 10.9. The minimum Gasteiger partial charge on any atom is -0.312 e. The van der Waals surface area contributed by atoms with Gasteiger partial charge in [-0.2, -0.15) is 5.10 Å². The van der Waals surface area contributed by atoms with Crippen molar-refractivity contribution in [3.05, 3.63) is 38.3 Å². The minimum absolute atomic E-state index is 0.334. The standard InChI is InChI=1S/C13H18BrN3S/c1-4-17-10(7-9(2)16-17)8-12(15-3)13-11(14)5-6-18-13/h5-7,12,15H,4,8H2,1-3H3. The third-order valence-electron chi connectivity index (χ3n) is 3.01. The largest absolute Gasteiger partial charge is 0.312 e. The summed E-state index contributed by atoms with van der Waals surface area (Å²) < 4.78 is 3.27. The Hall–Kier alpha value is -0.650. The Kier molecular flexibility index (Phi) is 4.59. The SMILES string of the molecule is CCn1nc(C)cc1CC(NC)c1sccc1Br. The van der Waals surface area contributed by atoms with Crippen LogP contribution >= 0.6 is 27.3 Å². The van der Waals surface area contributed by atoms with Crippen molar-refractivity contribution in [2.45, 2.75) is 32.9 Å². The highest BCUT2D eigenvalue weighted by Crippen LogP contribution is 2.31. The van der Waals surface area contributed by atoms with Crippen molar-refractivity contribution in [3.8, 4) is 0 Å². The Morgan fingerprint density at radius 1 is 1.56 bits per heavy atom. The zero-order chi connectivity index (χ0) is 13.1. The van der Waals surface area contributed by atoms with Crippen molar-refractivity contribution in [1.82, 2.24) is 15.1 Å². The van der Waals surface area contributed by atoms with E-state index in [1.54, 1.807) is 11.3 Å². The van der Waals surface area contributed by atoms with Crippen LogP contribution in [-0.2, 0) is 13.0 Å². The number of thiophene rings is 1. The second-order valence-electron chi connectivity index (χ2n) is 4.27. The van der Waals surface area contributed by atoms with E-state index in [4.69, 9.17) is 0 Å². The number of aromatic nitrogens is 2. The lowest BCUT2D eigenvalue weighted by molar-refractivity contribution is 0.545. The first-order valence-electron chi connectivity index (χ1n) is 6.09. The summed E-state index contributed by atoms with van der Waals surface area (Å²) in [5, 5.41) is 10.0. The number of nitrogens with one attached hydrogen (secondary N) is 1. The van der Waals surface area contributed by atoms with Crippen LogP contribution in [0.3, 0.4) is 0 Å². The van der Waals surface area contributed by atoms with Crippen molar-refractivity contribution in [2.24, 2.45) is 0 Å². The molecule has 2 heterocycles. The molecular weight excluding hydrogens is 310 g/mol. The first kappa shape index (κ1) is 13.8. The molecule has 5 heteroatoms. The molecular formula is C13H18BrN3S. The monoisotopic (exact) mass is 327 g/mol. The average molecular weight is 328 g/mol. The zero-order valence-corrected chi connectivity index (χ0v) is 13.3. The predicted molar refractivity (Wildman–Crippen MR) is 80.2 cm³/mol. The molecule has 3 nitrogen and oxygen atoms in total. The van der Waals surface area contributed by atoms with Crippen LogP contribution < -0.4 is 5.32 Å². The van der Waals surface area contributed by atoms with Gasteiger partial charge < -0.3 is 5.32 Å². The summed E-state index contributed by atoms with van der Waals surface area (Å²) in [5.74, 6) is 0. The Bertz CT molecular complexity index is 518. The molecule has 1 atom stereocenters. The molecule has 1 N–H and O–H groups in total. The van der Waals surface area contributed by atoms with Gasteiger partial charge in [0.05, 0.1) is 5.69 Å². The number of aryl methyl sites for hydroxylation is 2. The highest BCUT2D eigenvalue weighted by Gasteiger charge is 2.17. The van der Waals surface area contributed by atoms with Crippen LogP contribution in [0.2, 0.25) is 0 Å². The van der Waals surface area contributed by atoms with E-state index in [-0.39, 0.29) is 0 Å². The van der Waals surface area contributed by atoms with Crippen LogP contribution in [0.4, 0.5) is 0 Å². The number of nitrogens with zero attached hydrogens (tertiary/aromatic N) is 2. The third-order valence-corrected chi connectivity index (χ3v) is 4.99. The minimum atomic E-state index is 0.334. The van der Waals surface area contributed by atoms with Crippen LogP contribution in [-0.4, -0.2) is 16.8 Å². The summed E-state index contributed by atoms with van der Waals surface area (Å²) in [6.07, 6.45) is 0.963. The van der Waals surface area contributed by atoms with E-state index in [0.717, 1.165) is 18.7 Å². The molecule has 0 amide bonds. The predicted octanol–water partition coefficient (Wildman–Crippen LogP) is 3.54. The second kappa shape index (κ2) is 5.99. The van der Waals surface area contributed by atoms with Gasteiger partial charge >= 0.3 is 0 Å². The van der Waals surface area contributed by atoms with Crippen molar-refractivity contribution < 1.29 is 0 Å². The molecule has 0 aromatic carbocycles. The summed E-state index contributed by atoms with van der Waals surface area (Å²) in [4.78, 5) is 1.35. The van der Waals surface area contributed by atoms with Crippen molar-refractivity contribution in [1.29, 1.82) is 0 Å². The first-order chi connectivity index (χ1) is 8.65. The maximum Gasteiger partial charge on any atom is 0.0596 e. The van der Waals surface area contributed by atoms with Crippen LogP contribution in [0, 0.1) is 6.92 Å². The molecule has 2 aromatic heterocycles. The topological polar surface area (TPSA) is 29.9 Å². The summed E-state index contributed by atoms with van der Waals surface area (Å²) in [6.45, 7) is 5.10. The van der Waals surface area contributed by atoms with Gasteiger partial charge in [0.15, 0.2) is 0 Å². The fraction of sp³-hybridized carbons (Fsp3) is 0.462. The fourth-order valence-corrected chi connectivity index (χ4v) is 3.89.